The average Bonchev–Trinajstić information content (AvgIpc) is 0.793. The smallest absolute Gasteiger partial charge is 0.330 e. The lowest BCUT2D eigenvalue weighted by Gasteiger charge is -2.48. The minimum absolute atomic E-state index is 0.0319. The van der Waals surface area contributed by atoms with Crippen molar-refractivity contribution in [2.45, 2.75) is 259 Å². The SMILES string of the molecule is CCCCCCCCCCN[C@@]1(C)C[C@H](O[C@H]2[C@H](Oc3c4cc5cc3Oc3ccc(cc3Cl)[C@@H](O)[C@@H](NC(=O)[C@@H](CC(C)C)NC)C(=O)N[C@@H](CC(N)=O)C(=O)N[C@H]5C(=O)N[C@H]3C(=O)N[C@H](C(=O)N[C@H](C(=O)O)c5cc(O)cc(O)c5-c5cc3ccc5O)[C@H](O[C@H]3C[C@](C)(N)[C@@H](O)[C@H](C)O3)c3ccc(cc3)O4)O[C@H](CO)[C@@H](O)[C@@H]2O)O[C@@H](C)[C@@H]1O. The molecule has 0 saturated carbocycles. The molecule has 8 aliphatic rings. The number of hydrogen-bond donors (Lipinski definition) is 20. The number of ether oxygens (including phenoxy) is 8. The molecular formula is C83H109ClN10O26. The summed E-state index contributed by atoms with van der Waals surface area (Å²) in [6, 6.07) is 1.80. The molecule has 0 unspecified atom stereocenters. The summed E-state index contributed by atoms with van der Waals surface area (Å²) < 4.78 is 52.8. The summed E-state index contributed by atoms with van der Waals surface area (Å²) in [7, 11) is 1.49. The quantitative estimate of drug-likeness (QED) is 0.0372. The molecule has 0 spiro atoms. The molecule has 8 aliphatic heterocycles. The fourth-order valence-electron chi connectivity index (χ4n) is 16.0. The molecule has 3 saturated heterocycles. The summed E-state index contributed by atoms with van der Waals surface area (Å²) in [6.07, 6.45) is -13.5. The van der Waals surface area contributed by atoms with Gasteiger partial charge >= 0.3 is 5.97 Å². The number of unbranched alkanes of at least 4 members (excludes halogenated alkanes) is 7. The molecule has 22 N–H and O–H groups in total. The number of halogens is 1. The Morgan fingerprint density at radius 3 is 1.93 bits per heavy atom. The Labute approximate surface area is 696 Å². The van der Waals surface area contributed by atoms with E-state index in [1.54, 1.807) is 13.8 Å². The molecule has 37 heteroatoms. The van der Waals surface area contributed by atoms with Crippen LogP contribution >= 0.6 is 11.6 Å². The van der Waals surface area contributed by atoms with E-state index in [4.69, 9.17) is 61.0 Å². The van der Waals surface area contributed by atoms with Crippen LogP contribution in [0.2, 0.25) is 5.02 Å². The van der Waals surface area contributed by atoms with Gasteiger partial charge in [-0.1, -0.05) is 102 Å². The number of aliphatic hydroxyl groups excluding tert-OH is 6. The number of phenols is 3. The second-order valence-electron chi connectivity index (χ2n) is 32.4. The zero-order chi connectivity index (χ0) is 87.1. The van der Waals surface area contributed by atoms with E-state index in [9.17, 15) is 65.4 Å². The van der Waals surface area contributed by atoms with Gasteiger partial charge < -0.3 is 143 Å². The highest BCUT2D eigenvalue weighted by atomic mass is 35.5. The number of phenolic OH excluding ortho intramolecular Hbond substituents is 3. The second-order valence-corrected chi connectivity index (χ2v) is 32.9. The zero-order valence-electron chi connectivity index (χ0n) is 67.6. The molecule has 5 aromatic rings. The summed E-state index contributed by atoms with van der Waals surface area (Å²) in [4.78, 5) is 120. The third kappa shape index (κ3) is 20.9. The standard InChI is InChI=1S/C83H109ClN10O26/c1-9-10-11-12-13-14-15-16-25-88-83(7)35-59(114-39(5)73(83)104)119-71-68(102)67(101)56(36-95)117-81(71)120-70-54-29-43-30-55(70)116-53-24-20-42(28-48(53)84)66(100)64(93-74(105)49(87-8)26-37(2)3)78(109)89-50(33-57(85)99)75(106)90-62(43)77(108)91-61-41-19-23-51(97)46(27-41)60-47(31-44(96)32-52(60)98)63(80(111)112)92-79(110)65(94-76(61)107)69(40-17-21-45(115-54)22-18-40)118-58-34-82(6,86)72(103)38(4)113-58/h17-24,27-32,37-39,49-50,56,58-59,61-69,71-73,81,87-88,95-98,100-104H,9-16,25-26,33-36,86H2,1-8H3,(H2,85,99)(H,89,109)(H,90,106)(H,91,108)(H,92,110)(H,93,105)(H,94,107)(H,111,112)/t38-,39-,49+,50-,56+,58-,59-,61+,62+,63-,64+,65-,66+,67+,68-,69+,71+,72-,73-,81-,82-,83-/m0/s1. The Hall–Kier alpha value is -9.61. The minimum atomic E-state index is -2.34. The van der Waals surface area contributed by atoms with E-state index in [0.29, 0.717) is 6.54 Å². The lowest BCUT2D eigenvalue weighted by molar-refractivity contribution is -0.334. The van der Waals surface area contributed by atoms with Crippen molar-refractivity contribution in [2.24, 2.45) is 17.4 Å². The summed E-state index contributed by atoms with van der Waals surface area (Å²) >= 11 is 7.21. The number of carboxylic acid groups (broad SMARTS) is 1. The molecule has 0 radical (unpaired) electrons. The van der Waals surface area contributed by atoms with Crippen molar-refractivity contribution in [3.05, 3.63) is 118 Å². The number of carboxylic acids is 1. The first kappa shape index (κ1) is 91.1. The average molecular weight is 1700 g/mol. The van der Waals surface area contributed by atoms with Gasteiger partial charge in [0.05, 0.1) is 48.5 Å². The Morgan fingerprint density at radius 1 is 0.667 bits per heavy atom. The maximum atomic E-state index is 16.5. The lowest BCUT2D eigenvalue weighted by Crippen LogP contribution is -2.65. The summed E-state index contributed by atoms with van der Waals surface area (Å²) in [6.45, 7) is 11.7. The van der Waals surface area contributed by atoms with Crippen molar-refractivity contribution in [1.29, 1.82) is 0 Å². The van der Waals surface area contributed by atoms with Crippen LogP contribution in [0.3, 0.4) is 0 Å². The van der Waals surface area contributed by atoms with Gasteiger partial charge in [0.2, 0.25) is 53.4 Å². The largest absolute Gasteiger partial charge is 0.508 e. The molecule has 3 fully saturated rings. The van der Waals surface area contributed by atoms with Crippen molar-refractivity contribution >= 4 is 58.9 Å². The van der Waals surface area contributed by atoms with Gasteiger partial charge in [-0.2, -0.15) is 0 Å². The van der Waals surface area contributed by atoms with Crippen LogP contribution in [0.1, 0.15) is 184 Å². The maximum Gasteiger partial charge on any atom is 0.330 e. The molecule has 0 aliphatic carbocycles. The van der Waals surface area contributed by atoms with Crippen LogP contribution in [0.25, 0.3) is 11.1 Å². The molecule has 654 valence electrons. The fraction of sp³-hybridized carbons (Fsp3) is 0.542. The number of rotatable bonds is 25. The number of fused-ring (bicyclic) bond motifs is 15. The van der Waals surface area contributed by atoms with Crippen molar-refractivity contribution in [1.82, 2.24) is 42.5 Å². The van der Waals surface area contributed by atoms with Gasteiger partial charge in [-0.3, -0.25) is 33.6 Å². The predicted molar refractivity (Wildman–Crippen MR) is 427 cm³/mol. The number of hydrogen-bond acceptors (Lipinski definition) is 28. The van der Waals surface area contributed by atoms with Crippen molar-refractivity contribution in [2.75, 3.05) is 20.2 Å². The highest BCUT2D eigenvalue weighted by molar-refractivity contribution is 6.32. The zero-order valence-corrected chi connectivity index (χ0v) is 68.4. The number of primary amides is 1. The lowest BCUT2D eigenvalue weighted by atomic mass is 9.84. The highest BCUT2D eigenvalue weighted by Gasteiger charge is 2.53. The topological polar surface area (TPSA) is 561 Å². The first-order chi connectivity index (χ1) is 56.9. The normalized spacial score (nSPS) is 30.5. The number of aromatic hydroxyl groups is 3. The van der Waals surface area contributed by atoms with Crippen LogP contribution in [0, 0.1) is 5.92 Å². The van der Waals surface area contributed by atoms with Gasteiger partial charge in [-0.25, -0.2) is 4.79 Å². The summed E-state index contributed by atoms with van der Waals surface area (Å²) in [5, 5.41) is 138. The number of carbonyl (C=O) groups excluding carboxylic acids is 7. The van der Waals surface area contributed by atoms with E-state index in [1.165, 1.54) is 63.4 Å². The predicted octanol–water partition coefficient (Wildman–Crippen LogP) is 3.46. The number of aliphatic hydroxyl groups is 6. The van der Waals surface area contributed by atoms with Crippen LogP contribution in [0.5, 0.6) is 46.0 Å². The molecular weight excluding hydrogens is 1590 g/mol. The molecule has 120 heavy (non-hydrogen) atoms. The highest BCUT2D eigenvalue weighted by Crippen LogP contribution is 2.50. The molecule has 13 rings (SSSR count). The molecule has 11 bridgehead atoms. The van der Waals surface area contributed by atoms with Crippen molar-refractivity contribution in [3.63, 3.8) is 0 Å². The van der Waals surface area contributed by atoms with Gasteiger partial charge in [0.1, 0.15) is 89.5 Å². The molecule has 8 heterocycles. The van der Waals surface area contributed by atoms with Crippen LogP contribution < -0.4 is 68.2 Å². The van der Waals surface area contributed by atoms with Gasteiger partial charge in [0, 0.05) is 46.7 Å². The molecule has 22 atom stereocenters. The number of nitrogens with one attached hydrogen (secondary N) is 8. The van der Waals surface area contributed by atoms with E-state index < -0.39 is 250 Å². The first-order valence-corrected chi connectivity index (χ1v) is 40.6. The minimum Gasteiger partial charge on any atom is -0.508 e. The Morgan fingerprint density at radius 2 is 1.29 bits per heavy atom. The summed E-state index contributed by atoms with van der Waals surface area (Å²) in [5.41, 5.74) is 7.48. The van der Waals surface area contributed by atoms with Crippen LogP contribution in [-0.2, 0) is 62.0 Å². The number of benzene rings is 5. The first-order valence-electron chi connectivity index (χ1n) is 40.2. The van der Waals surface area contributed by atoms with E-state index in [1.807, 2.05) is 13.8 Å². The van der Waals surface area contributed by atoms with Gasteiger partial charge in [-0.15, -0.1) is 0 Å². The van der Waals surface area contributed by atoms with Gasteiger partial charge in [0.15, 0.2) is 36.2 Å². The van der Waals surface area contributed by atoms with Crippen LogP contribution in [0.15, 0.2) is 84.9 Å². The third-order valence-electron chi connectivity index (χ3n) is 22.6. The maximum absolute atomic E-state index is 16.5. The number of amides is 7. The molecule has 5 aromatic carbocycles. The van der Waals surface area contributed by atoms with Crippen molar-refractivity contribution in [3.8, 4) is 57.1 Å². The fourth-order valence-corrected chi connectivity index (χ4v) is 16.2. The van der Waals surface area contributed by atoms with Crippen LogP contribution in [-0.4, -0.2) is 222 Å². The van der Waals surface area contributed by atoms with E-state index >= 15 is 24.0 Å². The number of aliphatic carboxylic acids is 1. The molecule has 0 aromatic heterocycles. The number of nitrogens with two attached hydrogens (primary N) is 2. The van der Waals surface area contributed by atoms with Crippen molar-refractivity contribution < 1.29 is 127 Å². The van der Waals surface area contributed by atoms with E-state index in [2.05, 4.69) is 49.5 Å². The number of likely N-dealkylation sites (N-methyl/N-ethyl adjacent to an activating group) is 1. The van der Waals surface area contributed by atoms with Gasteiger partial charge in [-0.05, 0) is 137 Å². The monoisotopic (exact) mass is 1700 g/mol. The Kier molecular flexibility index (Phi) is 29.7. The van der Waals surface area contributed by atoms with E-state index in [-0.39, 0.29) is 58.4 Å². The Bertz CT molecular complexity index is 4550. The second kappa shape index (κ2) is 39.1. The van der Waals surface area contributed by atoms with Gasteiger partial charge in [0.25, 0.3) is 0 Å². The van der Waals surface area contributed by atoms with Crippen LogP contribution in [0.4, 0.5) is 0 Å². The summed E-state index contributed by atoms with van der Waals surface area (Å²) in [5.74, 6) is -15.3. The molecule has 7 amide bonds. The third-order valence-corrected chi connectivity index (χ3v) is 22.9. The Balaban J connectivity index is 1.14. The number of carbonyl (C=O) groups is 8. The molecule has 36 nitrogen and oxygen atoms in total. The van der Waals surface area contributed by atoms with E-state index in [0.717, 1.165) is 93.8 Å².